The van der Waals surface area contributed by atoms with Crippen LogP contribution in [0.2, 0.25) is 5.02 Å². The highest BCUT2D eigenvalue weighted by Gasteiger charge is 2.17. The quantitative estimate of drug-likeness (QED) is 0.696. The number of aryl methyl sites for hydroxylation is 1. The fourth-order valence-corrected chi connectivity index (χ4v) is 3.44. The number of nitrogens with zero attached hydrogens (tertiary/aromatic N) is 3. The van der Waals surface area contributed by atoms with Gasteiger partial charge in [-0.15, -0.1) is 0 Å². The van der Waals surface area contributed by atoms with Gasteiger partial charge in [0, 0.05) is 11.3 Å². The van der Waals surface area contributed by atoms with E-state index in [-0.39, 0.29) is 0 Å². The third-order valence-electron chi connectivity index (χ3n) is 4.75. The van der Waals surface area contributed by atoms with Crippen molar-refractivity contribution in [1.82, 2.24) is 9.78 Å². The molecule has 0 saturated heterocycles. The van der Waals surface area contributed by atoms with E-state index in [9.17, 15) is 5.11 Å². The minimum atomic E-state index is -0.848. The summed E-state index contributed by atoms with van der Waals surface area (Å²) in [5.74, 6) is 0. The zero-order valence-corrected chi connectivity index (χ0v) is 16.7. The summed E-state index contributed by atoms with van der Waals surface area (Å²) >= 11 is 6.20. The lowest BCUT2D eigenvalue weighted by Crippen LogP contribution is -2.15. The van der Waals surface area contributed by atoms with Crippen LogP contribution < -0.4 is 0 Å². The minimum absolute atomic E-state index is 0.448. The minimum Gasteiger partial charge on any atom is -0.386 e. The number of aromatic nitrogens is 2. The van der Waals surface area contributed by atoms with Crippen LogP contribution in [0, 0.1) is 25.2 Å². The van der Waals surface area contributed by atoms with Gasteiger partial charge in [-0.05, 0) is 56.5 Å². The molecule has 0 atom stereocenters. The molecular weight excluding hydrogens is 358 g/mol. The maximum absolute atomic E-state index is 10.1. The summed E-state index contributed by atoms with van der Waals surface area (Å²) in [6.07, 6.45) is 0. The van der Waals surface area contributed by atoms with Crippen LogP contribution in [0.1, 0.15) is 41.9 Å². The predicted molar refractivity (Wildman–Crippen MR) is 108 cm³/mol. The fourth-order valence-electron chi connectivity index (χ4n) is 3.22. The second kappa shape index (κ2) is 7.19. The van der Waals surface area contributed by atoms with Crippen LogP contribution in [0.4, 0.5) is 0 Å². The Morgan fingerprint density at radius 1 is 1.15 bits per heavy atom. The van der Waals surface area contributed by atoms with Crippen molar-refractivity contribution < 1.29 is 5.11 Å². The lowest BCUT2D eigenvalue weighted by atomic mass is 9.97. The Kier molecular flexibility index (Phi) is 5.10. The maximum Gasteiger partial charge on any atom is 0.101 e. The molecule has 0 unspecified atom stereocenters. The van der Waals surface area contributed by atoms with E-state index in [0.29, 0.717) is 17.1 Å². The molecule has 0 fully saturated rings. The highest BCUT2D eigenvalue weighted by atomic mass is 35.5. The Balaban J connectivity index is 1.92. The van der Waals surface area contributed by atoms with Gasteiger partial charge < -0.3 is 5.11 Å². The summed E-state index contributed by atoms with van der Waals surface area (Å²) in [4.78, 5) is 0. The van der Waals surface area contributed by atoms with E-state index in [1.807, 2.05) is 54.9 Å². The van der Waals surface area contributed by atoms with E-state index in [2.05, 4.69) is 11.2 Å². The van der Waals surface area contributed by atoms with Gasteiger partial charge in [-0.25, -0.2) is 0 Å². The van der Waals surface area contributed by atoms with Crippen molar-refractivity contribution in [3.63, 3.8) is 0 Å². The van der Waals surface area contributed by atoms with E-state index in [1.54, 1.807) is 19.9 Å². The smallest absolute Gasteiger partial charge is 0.101 e. The van der Waals surface area contributed by atoms with Crippen LogP contribution in [-0.2, 0) is 12.1 Å². The van der Waals surface area contributed by atoms with Crippen LogP contribution in [0.3, 0.4) is 0 Å². The van der Waals surface area contributed by atoms with Crippen LogP contribution in [0.5, 0.6) is 0 Å². The molecule has 0 saturated carbocycles. The number of hydrogen-bond acceptors (Lipinski definition) is 3. The molecular formula is C22H22ClN3O. The second-order valence-electron chi connectivity index (χ2n) is 7.27. The van der Waals surface area contributed by atoms with Gasteiger partial charge in [-0.2, -0.15) is 10.4 Å². The number of halogens is 1. The summed E-state index contributed by atoms with van der Waals surface area (Å²) in [6.45, 7) is 8.20. The van der Waals surface area contributed by atoms with Crippen molar-refractivity contribution in [1.29, 1.82) is 5.26 Å². The van der Waals surface area contributed by atoms with Crippen molar-refractivity contribution in [2.75, 3.05) is 0 Å². The molecule has 0 amide bonds. The standard InChI is InChI=1S/C22H22ClN3O/c1-14-21(17-7-8-18(12-24)20(23)11-17)15(2)26(25-14)13-16-5-9-19(10-6-16)22(3,4)27/h5-11,27H,13H2,1-4H3. The number of aliphatic hydroxyl groups is 1. The molecule has 2 aromatic carbocycles. The molecule has 0 spiro atoms. The average molecular weight is 380 g/mol. The summed E-state index contributed by atoms with van der Waals surface area (Å²) < 4.78 is 1.97. The fraction of sp³-hybridized carbons (Fsp3) is 0.273. The van der Waals surface area contributed by atoms with Gasteiger partial charge in [-0.1, -0.05) is 41.9 Å². The summed E-state index contributed by atoms with van der Waals surface area (Å²) in [5.41, 5.74) is 5.56. The van der Waals surface area contributed by atoms with Crippen LogP contribution in [0.25, 0.3) is 11.1 Å². The first-order valence-electron chi connectivity index (χ1n) is 8.76. The normalized spacial score (nSPS) is 11.4. The molecule has 0 aliphatic rings. The molecule has 4 nitrogen and oxygen atoms in total. The third kappa shape index (κ3) is 3.90. The monoisotopic (exact) mass is 379 g/mol. The van der Waals surface area contributed by atoms with E-state index >= 15 is 0 Å². The van der Waals surface area contributed by atoms with E-state index < -0.39 is 5.60 Å². The molecule has 3 aromatic rings. The Hall–Kier alpha value is -2.61. The summed E-state index contributed by atoms with van der Waals surface area (Å²) in [5, 5.41) is 24.3. The molecule has 0 aliphatic carbocycles. The van der Waals surface area contributed by atoms with E-state index in [1.165, 1.54) is 0 Å². The summed E-state index contributed by atoms with van der Waals surface area (Å²) in [7, 11) is 0. The van der Waals surface area contributed by atoms with Gasteiger partial charge >= 0.3 is 0 Å². The lowest BCUT2D eigenvalue weighted by molar-refractivity contribution is 0.0786. The molecule has 3 rings (SSSR count). The van der Waals surface area contributed by atoms with Crippen LogP contribution >= 0.6 is 11.6 Å². The Morgan fingerprint density at radius 3 is 2.37 bits per heavy atom. The van der Waals surface area contributed by atoms with Gasteiger partial charge in [0.05, 0.1) is 28.4 Å². The zero-order chi connectivity index (χ0) is 19.8. The molecule has 0 radical (unpaired) electrons. The molecule has 0 bridgehead atoms. The first kappa shape index (κ1) is 19.2. The predicted octanol–water partition coefficient (Wildman–Crippen LogP) is 4.97. The van der Waals surface area contributed by atoms with E-state index in [4.69, 9.17) is 16.9 Å². The number of nitriles is 1. The Labute approximate surface area is 164 Å². The Morgan fingerprint density at radius 2 is 1.81 bits per heavy atom. The first-order chi connectivity index (χ1) is 12.7. The SMILES string of the molecule is Cc1nn(Cc2ccc(C(C)(C)O)cc2)c(C)c1-c1ccc(C#N)c(Cl)c1. The summed E-state index contributed by atoms with van der Waals surface area (Å²) in [6, 6.07) is 15.5. The van der Waals surface area contributed by atoms with Crippen molar-refractivity contribution in [3.8, 4) is 17.2 Å². The zero-order valence-electron chi connectivity index (χ0n) is 15.9. The molecule has 138 valence electrons. The van der Waals surface area contributed by atoms with E-state index in [0.717, 1.165) is 33.6 Å². The van der Waals surface area contributed by atoms with Gasteiger partial charge in [-0.3, -0.25) is 4.68 Å². The van der Waals surface area contributed by atoms with Crippen LogP contribution in [-0.4, -0.2) is 14.9 Å². The topological polar surface area (TPSA) is 61.8 Å². The number of rotatable bonds is 4. The second-order valence-corrected chi connectivity index (χ2v) is 7.67. The third-order valence-corrected chi connectivity index (χ3v) is 5.07. The van der Waals surface area contributed by atoms with Crippen molar-refractivity contribution in [2.24, 2.45) is 0 Å². The van der Waals surface area contributed by atoms with Gasteiger partial charge in [0.1, 0.15) is 6.07 Å². The molecule has 27 heavy (non-hydrogen) atoms. The molecule has 1 aromatic heterocycles. The van der Waals surface area contributed by atoms with Gasteiger partial charge in [0.15, 0.2) is 0 Å². The maximum atomic E-state index is 10.1. The van der Waals surface area contributed by atoms with Gasteiger partial charge in [0.25, 0.3) is 0 Å². The van der Waals surface area contributed by atoms with Crippen molar-refractivity contribution >= 4 is 11.6 Å². The van der Waals surface area contributed by atoms with Gasteiger partial charge in [0.2, 0.25) is 0 Å². The number of hydrogen-bond donors (Lipinski definition) is 1. The Bertz CT molecular complexity index is 1020. The largest absolute Gasteiger partial charge is 0.386 e. The molecule has 0 aliphatic heterocycles. The van der Waals surface area contributed by atoms with Crippen molar-refractivity contribution in [3.05, 3.63) is 75.6 Å². The average Bonchev–Trinajstić information content (AvgIpc) is 2.88. The first-order valence-corrected chi connectivity index (χ1v) is 9.14. The highest BCUT2D eigenvalue weighted by molar-refractivity contribution is 6.32. The van der Waals surface area contributed by atoms with Crippen LogP contribution in [0.15, 0.2) is 42.5 Å². The van der Waals surface area contributed by atoms with Crippen molar-refractivity contribution in [2.45, 2.75) is 39.8 Å². The number of benzene rings is 2. The molecule has 1 heterocycles. The molecule has 5 heteroatoms. The highest BCUT2D eigenvalue weighted by Crippen LogP contribution is 2.30. The molecule has 1 N–H and O–H groups in total. The lowest BCUT2D eigenvalue weighted by Gasteiger charge is -2.18.